The van der Waals surface area contributed by atoms with Crippen LogP contribution in [0.5, 0.6) is 0 Å². The van der Waals surface area contributed by atoms with Crippen LogP contribution < -0.4 is 0 Å². The summed E-state index contributed by atoms with van der Waals surface area (Å²) in [4.78, 5) is 30.4. The summed E-state index contributed by atoms with van der Waals surface area (Å²) >= 11 is 1.72. The van der Waals surface area contributed by atoms with Gasteiger partial charge in [-0.1, -0.05) is 6.92 Å². The Balaban J connectivity index is 2.38. The SMILES string of the molecule is CCCSCC(=O)N1CCCN(CC(=O)N(CC)CC)CC1. The summed E-state index contributed by atoms with van der Waals surface area (Å²) in [5, 5.41) is 0. The summed E-state index contributed by atoms with van der Waals surface area (Å²) in [6.45, 7) is 11.4. The average Bonchev–Trinajstić information content (AvgIpc) is 2.74. The summed E-state index contributed by atoms with van der Waals surface area (Å²) in [5.41, 5.74) is 0. The van der Waals surface area contributed by atoms with Crippen LogP contribution in [0, 0.1) is 0 Å². The van der Waals surface area contributed by atoms with Crippen molar-refractivity contribution in [2.45, 2.75) is 33.6 Å². The molecule has 2 amide bonds. The Morgan fingerprint density at radius 2 is 1.77 bits per heavy atom. The molecule has 22 heavy (non-hydrogen) atoms. The quantitative estimate of drug-likeness (QED) is 0.634. The number of carbonyl (C=O) groups excluding carboxylic acids is 2. The van der Waals surface area contributed by atoms with E-state index in [1.807, 2.05) is 23.6 Å². The molecule has 128 valence electrons. The van der Waals surface area contributed by atoms with Gasteiger partial charge in [0.1, 0.15) is 0 Å². The maximum atomic E-state index is 12.2. The Bertz CT molecular complexity index is 348. The topological polar surface area (TPSA) is 43.9 Å². The molecule has 0 saturated carbocycles. The third-order valence-electron chi connectivity index (χ3n) is 3.99. The van der Waals surface area contributed by atoms with Crippen LogP contribution in [0.2, 0.25) is 0 Å². The Labute approximate surface area is 139 Å². The molecule has 1 rings (SSSR count). The second-order valence-electron chi connectivity index (χ2n) is 5.63. The first-order valence-corrected chi connectivity index (χ1v) is 9.63. The van der Waals surface area contributed by atoms with Crippen molar-refractivity contribution in [3.8, 4) is 0 Å². The van der Waals surface area contributed by atoms with Gasteiger partial charge in [0.2, 0.25) is 11.8 Å². The van der Waals surface area contributed by atoms with Crippen molar-refractivity contribution < 1.29 is 9.59 Å². The van der Waals surface area contributed by atoms with Gasteiger partial charge in [-0.05, 0) is 32.4 Å². The molecule has 1 aliphatic rings. The van der Waals surface area contributed by atoms with Crippen LogP contribution >= 0.6 is 11.8 Å². The van der Waals surface area contributed by atoms with E-state index in [9.17, 15) is 9.59 Å². The Morgan fingerprint density at radius 1 is 1.05 bits per heavy atom. The van der Waals surface area contributed by atoms with E-state index < -0.39 is 0 Å². The zero-order chi connectivity index (χ0) is 16.4. The first kappa shape index (κ1) is 19.3. The Hall–Kier alpha value is -0.750. The monoisotopic (exact) mass is 329 g/mol. The van der Waals surface area contributed by atoms with Gasteiger partial charge in [-0.25, -0.2) is 0 Å². The van der Waals surface area contributed by atoms with Crippen LogP contribution in [0.15, 0.2) is 0 Å². The van der Waals surface area contributed by atoms with Gasteiger partial charge in [0.15, 0.2) is 0 Å². The number of hydrogen-bond acceptors (Lipinski definition) is 4. The normalized spacial score (nSPS) is 16.4. The van der Waals surface area contributed by atoms with Crippen molar-refractivity contribution in [3.63, 3.8) is 0 Å². The average molecular weight is 330 g/mol. The number of hydrogen-bond donors (Lipinski definition) is 0. The maximum absolute atomic E-state index is 12.2. The molecule has 0 N–H and O–H groups in total. The molecule has 0 atom stereocenters. The number of thioether (sulfide) groups is 1. The second-order valence-corrected chi connectivity index (χ2v) is 6.73. The highest BCUT2D eigenvalue weighted by Gasteiger charge is 2.21. The van der Waals surface area contributed by atoms with Gasteiger partial charge in [-0.2, -0.15) is 11.8 Å². The number of carbonyl (C=O) groups is 2. The molecule has 0 aliphatic carbocycles. The number of amides is 2. The predicted molar refractivity (Wildman–Crippen MR) is 93.2 cm³/mol. The third kappa shape index (κ3) is 6.57. The molecule has 5 nitrogen and oxygen atoms in total. The van der Waals surface area contributed by atoms with Gasteiger partial charge < -0.3 is 9.80 Å². The highest BCUT2D eigenvalue weighted by atomic mass is 32.2. The van der Waals surface area contributed by atoms with E-state index in [1.54, 1.807) is 11.8 Å². The maximum Gasteiger partial charge on any atom is 0.236 e. The van der Waals surface area contributed by atoms with Crippen LogP contribution in [0.1, 0.15) is 33.6 Å². The van der Waals surface area contributed by atoms with Gasteiger partial charge in [0, 0.05) is 39.3 Å². The lowest BCUT2D eigenvalue weighted by Crippen LogP contribution is -2.42. The summed E-state index contributed by atoms with van der Waals surface area (Å²) in [5.74, 6) is 2.08. The van der Waals surface area contributed by atoms with E-state index in [1.165, 1.54) is 0 Å². The lowest BCUT2D eigenvalue weighted by molar-refractivity contribution is -0.132. The highest BCUT2D eigenvalue weighted by Crippen LogP contribution is 2.08. The standard InChI is InChI=1S/C16H31N3O2S/c1-4-12-22-14-16(21)19-9-7-8-17(10-11-19)13-15(20)18(5-2)6-3/h4-14H2,1-3H3. The molecule has 0 aromatic heterocycles. The molecule has 1 aliphatic heterocycles. The smallest absolute Gasteiger partial charge is 0.236 e. The predicted octanol–water partition coefficient (Wildman–Crippen LogP) is 1.53. The van der Waals surface area contributed by atoms with E-state index >= 15 is 0 Å². The molecular formula is C16H31N3O2S. The van der Waals surface area contributed by atoms with E-state index in [4.69, 9.17) is 0 Å². The van der Waals surface area contributed by atoms with Gasteiger partial charge in [-0.3, -0.25) is 14.5 Å². The molecule has 0 aromatic carbocycles. The number of nitrogens with zero attached hydrogens (tertiary/aromatic N) is 3. The van der Waals surface area contributed by atoms with Crippen molar-refractivity contribution in [2.75, 3.05) is 57.3 Å². The minimum absolute atomic E-state index is 0.197. The molecule has 0 unspecified atom stereocenters. The summed E-state index contributed by atoms with van der Waals surface area (Å²) < 4.78 is 0. The van der Waals surface area contributed by atoms with Crippen LogP contribution in [0.3, 0.4) is 0 Å². The lowest BCUT2D eigenvalue weighted by Gasteiger charge is -2.25. The summed E-state index contributed by atoms with van der Waals surface area (Å²) in [6, 6.07) is 0. The molecular weight excluding hydrogens is 298 g/mol. The molecule has 1 saturated heterocycles. The fourth-order valence-corrected chi connectivity index (χ4v) is 3.43. The molecule has 1 fully saturated rings. The van der Waals surface area contributed by atoms with Crippen molar-refractivity contribution in [3.05, 3.63) is 0 Å². The molecule has 0 radical (unpaired) electrons. The zero-order valence-corrected chi connectivity index (χ0v) is 15.2. The van der Waals surface area contributed by atoms with E-state index in [0.717, 1.165) is 57.9 Å². The van der Waals surface area contributed by atoms with Crippen molar-refractivity contribution in [1.29, 1.82) is 0 Å². The fraction of sp³-hybridized carbons (Fsp3) is 0.875. The Kier molecular flexibility index (Phi) is 9.55. The number of likely N-dealkylation sites (N-methyl/N-ethyl adjacent to an activating group) is 1. The molecule has 6 heteroatoms. The van der Waals surface area contributed by atoms with Gasteiger partial charge in [0.05, 0.1) is 12.3 Å². The fourth-order valence-electron chi connectivity index (χ4n) is 2.64. The van der Waals surface area contributed by atoms with Crippen molar-refractivity contribution >= 4 is 23.6 Å². The Morgan fingerprint density at radius 3 is 2.41 bits per heavy atom. The van der Waals surface area contributed by atoms with Crippen molar-refractivity contribution in [2.24, 2.45) is 0 Å². The van der Waals surface area contributed by atoms with Crippen LogP contribution in [0.25, 0.3) is 0 Å². The highest BCUT2D eigenvalue weighted by molar-refractivity contribution is 7.99. The number of rotatable bonds is 8. The first-order valence-electron chi connectivity index (χ1n) is 8.47. The first-order chi connectivity index (χ1) is 10.6. The minimum Gasteiger partial charge on any atom is -0.342 e. The lowest BCUT2D eigenvalue weighted by atomic mass is 10.3. The largest absolute Gasteiger partial charge is 0.342 e. The summed E-state index contributed by atoms with van der Waals surface area (Å²) in [6.07, 6.45) is 2.06. The molecule has 0 bridgehead atoms. The van der Waals surface area contributed by atoms with Gasteiger partial charge in [0.25, 0.3) is 0 Å². The summed E-state index contributed by atoms with van der Waals surface area (Å²) in [7, 11) is 0. The van der Waals surface area contributed by atoms with Gasteiger partial charge in [-0.15, -0.1) is 0 Å². The van der Waals surface area contributed by atoms with E-state index in [0.29, 0.717) is 12.3 Å². The van der Waals surface area contributed by atoms with Gasteiger partial charge >= 0.3 is 0 Å². The third-order valence-corrected chi connectivity index (χ3v) is 5.14. The van der Waals surface area contributed by atoms with Crippen LogP contribution in [-0.2, 0) is 9.59 Å². The zero-order valence-electron chi connectivity index (χ0n) is 14.3. The van der Waals surface area contributed by atoms with Crippen LogP contribution in [0.4, 0.5) is 0 Å². The molecule has 0 spiro atoms. The van der Waals surface area contributed by atoms with Crippen molar-refractivity contribution in [1.82, 2.24) is 14.7 Å². The van der Waals surface area contributed by atoms with Crippen LogP contribution in [-0.4, -0.2) is 83.8 Å². The van der Waals surface area contributed by atoms with E-state index in [-0.39, 0.29) is 11.8 Å². The molecule has 1 heterocycles. The minimum atomic E-state index is 0.197. The molecule has 0 aromatic rings. The second kappa shape index (κ2) is 10.9. The van der Waals surface area contributed by atoms with E-state index in [2.05, 4.69) is 11.8 Å².